The molecule has 0 fully saturated rings. The molecule has 10 heteroatoms. The van der Waals surface area contributed by atoms with E-state index in [2.05, 4.69) is 27.2 Å². The van der Waals surface area contributed by atoms with Crippen molar-refractivity contribution in [2.75, 3.05) is 11.9 Å². The number of hydrogen-bond acceptors (Lipinski definition) is 5. The van der Waals surface area contributed by atoms with Crippen molar-refractivity contribution in [3.8, 4) is 11.8 Å². The van der Waals surface area contributed by atoms with Gasteiger partial charge >= 0.3 is 6.03 Å². The molecule has 8 nitrogen and oxygen atoms in total. The number of benzene rings is 1. The first-order chi connectivity index (χ1) is 17.0. The summed E-state index contributed by atoms with van der Waals surface area (Å²) in [6.45, 7) is 3.04. The smallest absolute Gasteiger partial charge is 0.342 e. The molecule has 0 saturated carbocycles. The van der Waals surface area contributed by atoms with Gasteiger partial charge in [0.2, 0.25) is 11.9 Å². The van der Waals surface area contributed by atoms with Crippen molar-refractivity contribution in [2.45, 2.75) is 44.8 Å². The van der Waals surface area contributed by atoms with Crippen LogP contribution < -0.4 is 10.2 Å². The van der Waals surface area contributed by atoms with Crippen LogP contribution in [0.25, 0.3) is 0 Å². The zero-order valence-corrected chi connectivity index (χ0v) is 20.0. The molecule has 1 atom stereocenters. The largest absolute Gasteiger partial charge is 0.378 e. The predicted octanol–water partition coefficient (Wildman–Crippen LogP) is 2.81. The summed E-state index contributed by atoms with van der Waals surface area (Å²) < 4.78 is 29.3. The van der Waals surface area contributed by atoms with Gasteiger partial charge < -0.3 is 15.3 Å². The fourth-order valence-electron chi connectivity index (χ4n) is 3.90. The topological polar surface area (TPSA) is 100 Å². The minimum atomic E-state index is -1.25. The average Bonchev–Trinajstić information content (AvgIpc) is 3.23. The van der Waals surface area contributed by atoms with Gasteiger partial charge in [0.1, 0.15) is 17.5 Å². The fourth-order valence-corrected chi connectivity index (χ4v) is 3.90. The van der Waals surface area contributed by atoms with Crippen molar-refractivity contribution in [1.29, 1.82) is 0 Å². The highest BCUT2D eigenvalue weighted by atomic mass is 19.1. The summed E-state index contributed by atoms with van der Waals surface area (Å²) in [7, 11) is 1.51. The summed E-state index contributed by atoms with van der Waals surface area (Å²) in [5.74, 6) is 3.85. The molecule has 2 amide bonds. The minimum Gasteiger partial charge on any atom is -0.378 e. The summed E-state index contributed by atoms with van der Waals surface area (Å²) in [6, 6.07) is 5.80. The normalized spacial score (nSPS) is 15.6. The third-order valence-electron chi connectivity index (χ3n) is 5.66. The highest BCUT2D eigenvalue weighted by molar-refractivity contribution is 6.00. The van der Waals surface area contributed by atoms with E-state index < -0.39 is 35.3 Å². The van der Waals surface area contributed by atoms with Crippen LogP contribution in [0.1, 0.15) is 42.7 Å². The van der Waals surface area contributed by atoms with E-state index in [0.29, 0.717) is 28.1 Å². The summed E-state index contributed by atoms with van der Waals surface area (Å²) in [5.41, 5.74) is 0.915. The molecule has 36 heavy (non-hydrogen) atoms. The second-order valence-electron chi connectivity index (χ2n) is 9.12. The van der Waals surface area contributed by atoms with Crippen molar-refractivity contribution in [3.05, 3.63) is 76.9 Å². The standard InChI is InChI=1S/C26H25F2N5O3/c1-26(2,36)10-9-16-12-20(27)19-7-8-21(24(34)32(3)22(19)13-16)31-25(35)33-15-17(14-29-33)11-18-5-4-6-23(28)30-18/h4-6,12-15,21,36H,7-8,11H2,1-3H3,(H,31,35)/t21-/m0/s1. The van der Waals surface area contributed by atoms with Crippen LogP contribution in [-0.4, -0.2) is 50.5 Å². The number of carbonyl (C=O) groups excluding carboxylic acids is 2. The van der Waals surface area contributed by atoms with E-state index in [-0.39, 0.29) is 19.3 Å². The zero-order chi connectivity index (χ0) is 26.0. The summed E-state index contributed by atoms with van der Waals surface area (Å²) >= 11 is 0. The number of nitrogens with one attached hydrogen (secondary N) is 1. The number of rotatable bonds is 3. The van der Waals surface area contributed by atoms with Gasteiger partial charge in [-0.25, -0.2) is 14.2 Å². The molecule has 0 aliphatic carbocycles. The van der Waals surface area contributed by atoms with Crippen LogP contribution in [0.4, 0.5) is 19.3 Å². The van der Waals surface area contributed by atoms with Crippen LogP contribution in [0.3, 0.4) is 0 Å². The number of carbonyl (C=O) groups is 2. The molecule has 3 aromatic rings. The summed E-state index contributed by atoms with van der Waals surface area (Å²) in [6.07, 6.45) is 3.64. The number of anilines is 1. The minimum absolute atomic E-state index is 0.189. The molecule has 1 aliphatic rings. The van der Waals surface area contributed by atoms with Gasteiger partial charge in [-0.3, -0.25) is 4.79 Å². The van der Waals surface area contributed by atoms with Gasteiger partial charge in [0.25, 0.3) is 0 Å². The SMILES string of the molecule is CN1C(=O)[C@@H](NC(=O)n2cc(Cc3cccc(F)n3)cn2)CCc2c(F)cc(C#CC(C)(C)O)cc21. The summed E-state index contributed by atoms with van der Waals surface area (Å²) in [4.78, 5) is 31.0. The van der Waals surface area contributed by atoms with Gasteiger partial charge in [0.15, 0.2) is 0 Å². The average molecular weight is 494 g/mol. The molecular formula is C26H25F2N5O3. The van der Waals surface area contributed by atoms with E-state index in [1.54, 1.807) is 18.2 Å². The molecule has 0 unspecified atom stereocenters. The van der Waals surface area contributed by atoms with Crippen molar-refractivity contribution >= 4 is 17.6 Å². The molecule has 4 rings (SSSR count). The van der Waals surface area contributed by atoms with Gasteiger partial charge in [-0.15, -0.1) is 0 Å². The van der Waals surface area contributed by atoms with Crippen LogP contribution >= 0.6 is 0 Å². The third-order valence-corrected chi connectivity index (χ3v) is 5.66. The molecule has 186 valence electrons. The van der Waals surface area contributed by atoms with Gasteiger partial charge in [0.05, 0.1) is 11.9 Å². The first-order valence-electron chi connectivity index (χ1n) is 11.3. The number of aliphatic hydroxyl groups is 1. The van der Waals surface area contributed by atoms with Gasteiger partial charge in [-0.05, 0) is 56.5 Å². The number of likely N-dealkylation sites (N-methyl/N-ethyl adjacent to an activating group) is 1. The van der Waals surface area contributed by atoms with Crippen LogP contribution in [0, 0.1) is 23.6 Å². The van der Waals surface area contributed by atoms with E-state index in [9.17, 15) is 23.5 Å². The van der Waals surface area contributed by atoms with Crippen molar-refractivity contribution in [3.63, 3.8) is 0 Å². The van der Waals surface area contributed by atoms with Crippen LogP contribution in [0.15, 0.2) is 42.7 Å². The molecule has 2 aromatic heterocycles. The molecule has 2 N–H and O–H groups in total. The Hall–Kier alpha value is -4.10. The highest BCUT2D eigenvalue weighted by Gasteiger charge is 2.31. The second-order valence-corrected chi connectivity index (χ2v) is 9.12. The Balaban J connectivity index is 1.49. The van der Waals surface area contributed by atoms with Crippen LogP contribution in [0.2, 0.25) is 0 Å². The third kappa shape index (κ3) is 5.75. The number of aromatic nitrogens is 3. The predicted molar refractivity (Wildman–Crippen MR) is 128 cm³/mol. The Morgan fingerprint density at radius 3 is 2.81 bits per heavy atom. The number of halogens is 2. The lowest BCUT2D eigenvalue weighted by atomic mass is 10.0. The lowest BCUT2D eigenvalue weighted by Crippen LogP contribution is -2.48. The van der Waals surface area contributed by atoms with Crippen molar-refractivity contribution in [1.82, 2.24) is 20.1 Å². The van der Waals surface area contributed by atoms with Crippen molar-refractivity contribution < 1.29 is 23.5 Å². The van der Waals surface area contributed by atoms with E-state index in [0.717, 1.165) is 4.68 Å². The lowest BCUT2D eigenvalue weighted by Gasteiger charge is -2.22. The van der Waals surface area contributed by atoms with E-state index >= 15 is 0 Å². The Morgan fingerprint density at radius 2 is 2.08 bits per heavy atom. The first-order valence-corrected chi connectivity index (χ1v) is 11.3. The Morgan fingerprint density at radius 1 is 1.31 bits per heavy atom. The Labute approximate surface area is 207 Å². The number of nitrogens with zero attached hydrogens (tertiary/aromatic N) is 4. The van der Waals surface area contributed by atoms with Gasteiger partial charge in [0, 0.05) is 36.5 Å². The molecule has 0 bridgehead atoms. The quantitative estimate of drug-likeness (QED) is 0.432. The highest BCUT2D eigenvalue weighted by Crippen LogP contribution is 2.30. The van der Waals surface area contributed by atoms with Crippen molar-refractivity contribution in [2.24, 2.45) is 0 Å². The Kier molecular flexibility index (Phi) is 6.86. The van der Waals surface area contributed by atoms with E-state index in [1.165, 1.54) is 50.3 Å². The number of hydrogen-bond donors (Lipinski definition) is 2. The maximum absolute atomic E-state index is 14.9. The molecule has 0 saturated heterocycles. The lowest BCUT2D eigenvalue weighted by molar-refractivity contribution is -0.120. The molecular weight excluding hydrogens is 468 g/mol. The van der Waals surface area contributed by atoms with E-state index in [1.807, 2.05) is 0 Å². The molecule has 1 aromatic carbocycles. The van der Waals surface area contributed by atoms with Gasteiger partial charge in [-0.2, -0.15) is 14.2 Å². The van der Waals surface area contributed by atoms with Crippen LogP contribution in [0.5, 0.6) is 0 Å². The second kappa shape index (κ2) is 9.87. The summed E-state index contributed by atoms with van der Waals surface area (Å²) in [5, 5.41) is 16.5. The number of fused-ring (bicyclic) bond motifs is 1. The fraction of sp³-hybridized carbons (Fsp3) is 0.308. The molecule has 1 aliphatic heterocycles. The Bertz CT molecular complexity index is 1380. The number of amides is 2. The molecule has 3 heterocycles. The maximum atomic E-state index is 14.9. The maximum Gasteiger partial charge on any atom is 0.342 e. The zero-order valence-electron chi connectivity index (χ0n) is 20.0. The first kappa shape index (κ1) is 25.0. The van der Waals surface area contributed by atoms with E-state index in [4.69, 9.17) is 0 Å². The van der Waals surface area contributed by atoms with Gasteiger partial charge in [-0.1, -0.05) is 17.9 Å². The van der Waals surface area contributed by atoms with Crippen LogP contribution in [-0.2, 0) is 17.6 Å². The number of pyridine rings is 1. The molecule has 0 spiro atoms. The molecule has 0 radical (unpaired) electrons. The monoisotopic (exact) mass is 493 g/mol.